The van der Waals surface area contributed by atoms with E-state index < -0.39 is 0 Å². The van der Waals surface area contributed by atoms with Gasteiger partial charge in [-0.2, -0.15) is 0 Å². The largest absolute Gasteiger partial charge is 0.310 e. The van der Waals surface area contributed by atoms with Gasteiger partial charge in [0.1, 0.15) is 0 Å². The molecule has 1 aliphatic rings. The molecule has 0 aliphatic carbocycles. The molecular weight excluding hydrogens is 288 g/mol. The van der Waals surface area contributed by atoms with Crippen molar-refractivity contribution in [1.82, 2.24) is 10.2 Å². The number of halogens is 1. The number of nitrogens with zero attached hydrogens (tertiary/aromatic N) is 1. The predicted octanol–water partition coefficient (Wildman–Crippen LogP) is 3.41. The highest BCUT2D eigenvalue weighted by Gasteiger charge is 2.17. The van der Waals surface area contributed by atoms with Crippen LogP contribution in [0.4, 0.5) is 0 Å². The molecule has 2 rings (SSSR count). The smallest absolute Gasteiger partial charge is 0.0208 e. The van der Waals surface area contributed by atoms with Crippen molar-refractivity contribution in [2.24, 2.45) is 0 Å². The zero-order valence-corrected chi connectivity index (χ0v) is 12.7. The maximum Gasteiger partial charge on any atom is 0.0208 e. The molecule has 1 saturated heterocycles. The molecule has 1 N–H and O–H groups in total. The minimum absolute atomic E-state index is 0.692. The molecule has 0 bridgehead atoms. The lowest BCUT2D eigenvalue weighted by Gasteiger charge is -2.32. The Labute approximate surface area is 119 Å². The van der Waals surface area contributed by atoms with Gasteiger partial charge in [-0.25, -0.2) is 0 Å². The monoisotopic (exact) mass is 310 g/mol. The molecule has 2 nitrogen and oxygen atoms in total. The Hall–Kier alpha value is -0.380. The highest BCUT2D eigenvalue weighted by Crippen LogP contribution is 2.14. The summed E-state index contributed by atoms with van der Waals surface area (Å²) in [5.41, 5.74) is 1.36. The van der Waals surface area contributed by atoms with Crippen LogP contribution in [-0.2, 0) is 6.54 Å². The lowest BCUT2D eigenvalue weighted by atomic mass is 10.0. The summed E-state index contributed by atoms with van der Waals surface area (Å²) in [5, 5.41) is 3.68. The van der Waals surface area contributed by atoms with Crippen LogP contribution >= 0.6 is 15.9 Å². The van der Waals surface area contributed by atoms with Crippen LogP contribution in [0.1, 0.15) is 31.7 Å². The van der Waals surface area contributed by atoms with Gasteiger partial charge in [0.2, 0.25) is 0 Å². The van der Waals surface area contributed by atoms with Crippen molar-refractivity contribution in [3.05, 3.63) is 34.3 Å². The standard InChI is InChI=1S/C15H23BrN2/c1-2-8-18-9-6-15(7-10-18)17-12-13-4-3-5-14(16)11-13/h3-5,11,15,17H,2,6-10,12H2,1H3. The third kappa shape index (κ3) is 4.38. The Morgan fingerprint density at radius 2 is 2.11 bits per heavy atom. The molecule has 1 aromatic rings. The fourth-order valence-electron chi connectivity index (χ4n) is 2.59. The van der Waals surface area contributed by atoms with Crippen molar-refractivity contribution < 1.29 is 0 Å². The number of hydrogen-bond donors (Lipinski definition) is 1. The Morgan fingerprint density at radius 3 is 2.78 bits per heavy atom. The molecule has 0 radical (unpaired) electrons. The number of nitrogens with one attached hydrogen (secondary N) is 1. The van der Waals surface area contributed by atoms with Gasteiger partial charge in [-0.1, -0.05) is 35.0 Å². The molecule has 0 atom stereocenters. The normalized spacial score (nSPS) is 18.1. The van der Waals surface area contributed by atoms with Gasteiger partial charge in [-0.15, -0.1) is 0 Å². The second-order valence-corrected chi connectivity index (χ2v) is 6.04. The van der Waals surface area contributed by atoms with Gasteiger partial charge in [0.05, 0.1) is 0 Å². The molecule has 0 spiro atoms. The minimum Gasteiger partial charge on any atom is -0.310 e. The minimum atomic E-state index is 0.692. The molecule has 1 fully saturated rings. The first kappa shape index (κ1) is 14.0. The van der Waals surface area contributed by atoms with E-state index in [0.29, 0.717) is 6.04 Å². The van der Waals surface area contributed by atoms with Crippen LogP contribution in [0.2, 0.25) is 0 Å². The molecule has 18 heavy (non-hydrogen) atoms. The predicted molar refractivity (Wildman–Crippen MR) is 80.7 cm³/mol. The third-order valence-electron chi connectivity index (χ3n) is 3.61. The molecule has 0 saturated carbocycles. The van der Waals surface area contributed by atoms with Crippen molar-refractivity contribution in [3.8, 4) is 0 Å². The van der Waals surface area contributed by atoms with Crippen molar-refractivity contribution in [3.63, 3.8) is 0 Å². The first-order valence-electron chi connectivity index (χ1n) is 6.98. The molecule has 0 unspecified atom stereocenters. The lowest BCUT2D eigenvalue weighted by Crippen LogP contribution is -2.42. The number of piperidine rings is 1. The van der Waals surface area contributed by atoms with Crippen LogP contribution in [0.3, 0.4) is 0 Å². The second kappa shape index (κ2) is 7.27. The number of benzene rings is 1. The van der Waals surface area contributed by atoms with E-state index in [1.54, 1.807) is 0 Å². The van der Waals surface area contributed by atoms with Gasteiger partial charge in [0.25, 0.3) is 0 Å². The van der Waals surface area contributed by atoms with Crippen molar-refractivity contribution >= 4 is 15.9 Å². The summed E-state index contributed by atoms with van der Waals surface area (Å²) in [4.78, 5) is 2.58. The van der Waals surface area contributed by atoms with Crippen LogP contribution in [0.15, 0.2) is 28.7 Å². The molecular formula is C15H23BrN2. The van der Waals surface area contributed by atoms with E-state index in [1.807, 2.05) is 0 Å². The Morgan fingerprint density at radius 1 is 1.33 bits per heavy atom. The van der Waals surface area contributed by atoms with Gasteiger partial charge in [-0.3, -0.25) is 0 Å². The van der Waals surface area contributed by atoms with E-state index in [0.717, 1.165) is 6.54 Å². The summed E-state index contributed by atoms with van der Waals surface area (Å²) in [6, 6.07) is 9.25. The lowest BCUT2D eigenvalue weighted by molar-refractivity contribution is 0.197. The fourth-order valence-corrected chi connectivity index (χ4v) is 3.03. The molecule has 1 aromatic carbocycles. The van der Waals surface area contributed by atoms with Gasteiger partial charge < -0.3 is 10.2 Å². The third-order valence-corrected chi connectivity index (χ3v) is 4.10. The van der Waals surface area contributed by atoms with Crippen LogP contribution < -0.4 is 5.32 Å². The average Bonchev–Trinajstić information content (AvgIpc) is 2.38. The first-order valence-corrected chi connectivity index (χ1v) is 7.77. The van der Waals surface area contributed by atoms with Crippen molar-refractivity contribution in [2.45, 2.75) is 38.8 Å². The fraction of sp³-hybridized carbons (Fsp3) is 0.600. The van der Waals surface area contributed by atoms with Crippen LogP contribution in [0.5, 0.6) is 0 Å². The summed E-state index contributed by atoms with van der Waals surface area (Å²) < 4.78 is 1.17. The Bertz CT molecular complexity index is 359. The summed E-state index contributed by atoms with van der Waals surface area (Å²) >= 11 is 3.52. The van der Waals surface area contributed by atoms with Crippen molar-refractivity contribution in [1.29, 1.82) is 0 Å². The molecule has 3 heteroatoms. The summed E-state index contributed by atoms with van der Waals surface area (Å²) in [6.07, 6.45) is 3.85. The SMILES string of the molecule is CCCN1CCC(NCc2cccc(Br)c2)CC1. The zero-order valence-electron chi connectivity index (χ0n) is 11.2. The number of likely N-dealkylation sites (tertiary alicyclic amines) is 1. The van der Waals surface area contributed by atoms with E-state index in [2.05, 4.69) is 57.3 Å². The first-order chi connectivity index (χ1) is 8.78. The van der Waals surface area contributed by atoms with Crippen LogP contribution in [0, 0.1) is 0 Å². The van der Waals surface area contributed by atoms with E-state index >= 15 is 0 Å². The molecule has 100 valence electrons. The average molecular weight is 311 g/mol. The van der Waals surface area contributed by atoms with E-state index in [1.165, 1.54) is 48.9 Å². The van der Waals surface area contributed by atoms with Gasteiger partial charge in [-0.05, 0) is 56.6 Å². The van der Waals surface area contributed by atoms with Crippen LogP contribution in [-0.4, -0.2) is 30.6 Å². The van der Waals surface area contributed by atoms with Gasteiger partial charge in [0.15, 0.2) is 0 Å². The topological polar surface area (TPSA) is 15.3 Å². The van der Waals surface area contributed by atoms with Crippen molar-refractivity contribution in [2.75, 3.05) is 19.6 Å². The molecule has 0 aromatic heterocycles. The van der Waals surface area contributed by atoms with E-state index in [9.17, 15) is 0 Å². The zero-order chi connectivity index (χ0) is 12.8. The highest BCUT2D eigenvalue weighted by atomic mass is 79.9. The summed E-state index contributed by atoms with van der Waals surface area (Å²) in [6.45, 7) is 7.02. The molecule has 0 amide bonds. The van der Waals surface area contributed by atoms with Crippen LogP contribution in [0.25, 0.3) is 0 Å². The molecule has 1 heterocycles. The van der Waals surface area contributed by atoms with Gasteiger partial charge >= 0.3 is 0 Å². The van der Waals surface area contributed by atoms with E-state index in [-0.39, 0.29) is 0 Å². The maximum atomic E-state index is 3.68. The van der Waals surface area contributed by atoms with Gasteiger partial charge in [0, 0.05) is 17.1 Å². The Balaban J connectivity index is 1.72. The summed E-state index contributed by atoms with van der Waals surface area (Å²) in [7, 11) is 0. The summed E-state index contributed by atoms with van der Waals surface area (Å²) in [5.74, 6) is 0. The second-order valence-electron chi connectivity index (χ2n) is 5.13. The number of rotatable bonds is 5. The maximum absolute atomic E-state index is 3.68. The molecule has 1 aliphatic heterocycles. The number of hydrogen-bond acceptors (Lipinski definition) is 2. The highest BCUT2D eigenvalue weighted by molar-refractivity contribution is 9.10. The quantitative estimate of drug-likeness (QED) is 0.896. The Kier molecular flexibility index (Phi) is 5.67. The van der Waals surface area contributed by atoms with E-state index in [4.69, 9.17) is 0 Å².